The molecule has 29 heavy (non-hydrogen) atoms. The second-order valence-electron chi connectivity index (χ2n) is 6.86. The molecule has 0 aromatic heterocycles. The van der Waals surface area contributed by atoms with Gasteiger partial charge in [0, 0.05) is 6.42 Å². The number of unbranched alkanes of at least 4 members (excludes halogenated alkanes) is 1. The van der Waals surface area contributed by atoms with Crippen molar-refractivity contribution in [2.45, 2.75) is 63.0 Å². The zero-order valence-electron chi connectivity index (χ0n) is 16.0. The Hall–Kier alpha value is -1.95. The highest BCUT2D eigenvalue weighted by Crippen LogP contribution is 2.31. The van der Waals surface area contributed by atoms with Gasteiger partial charge in [0.05, 0.1) is 13.2 Å². The highest BCUT2D eigenvalue weighted by atomic mass is 16.7. The Morgan fingerprint density at radius 2 is 1.93 bits per heavy atom. The van der Waals surface area contributed by atoms with Gasteiger partial charge in [-0.2, -0.15) is 0 Å². The highest BCUT2D eigenvalue weighted by Gasteiger charge is 2.44. The van der Waals surface area contributed by atoms with Gasteiger partial charge in [-0.1, -0.05) is 19.4 Å². The number of aliphatic hydroxyl groups is 5. The van der Waals surface area contributed by atoms with E-state index in [0.29, 0.717) is 12.0 Å². The summed E-state index contributed by atoms with van der Waals surface area (Å²) in [6.45, 7) is 1.56. The summed E-state index contributed by atoms with van der Waals surface area (Å²) >= 11 is 0. The van der Waals surface area contributed by atoms with Gasteiger partial charge in [-0.15, -0.1) is 0 Å². The van der Waals surface area contributed by atoms with Crippen molar-refractivity contribution in [3.8, 4) is 11.5 Å². The van der Waals surface area contributed by atoms with Crippen LogP contribution in [0.15, 0.2) is 18.2 Å². The first-order chi connectivity index (χ1) is 13.8. The molecule has 10 heteroatoms. The first-order valence-corrected chi connectivity index (χ1v) is 9.42. The average Bonchev–Trinajstić information content (AvgIpc) is 2.70. The lowest BCUT2D eigenvalue weighted by Crippen LogP contribution is -2.60. The van der Waals surface area contributed by atoms with E-state index in [9.17, 15) is 35.4 Å². The van der Waals surface area contributed by atoms with Crippen molar-refractivity contribution < 1.29 is 49.6 Å². The molecule has 1 aliphatic rings. The lowest BCUT2D eigenvalue weighted by atomic mass is 9.99. The molecule has 0 bridgehead atoms. The van der Waals surface area contributed by atoms with E-state index in [1.54, 1.807) is 0 Å². The van der Waals surface area contributed by atoms with Gasteiger partial charge in [-0.3, -0.25) is 0 Å². The summed E-state index contributed by atoms with van der Waals surface area (Å²) in [6, 6.07) is 4.09. The van der Waals surface area contributed by atoms with Crippen LogP contribution in [0.4, 0.5) is 0 Å². The molecule has 1 saturated heterocycles. The Balaban J connectivity index is 1.99. The molecule has 6 atom stereocenters. The van der Waals surface area contributed by atoms with E-state index in [2.05, 4.69) is 0 Å². The molecule has 0 amide bonds. The van der Waals surface area contributed by atoms with Gasteiger partial charge in [-0.25, -0.2) is 4.79 Å². The summed E-state index contributed by atoms with van der Waals surface area (Å²) in [4.78, 5) is 11.7. The number of carbonyl (C=O) groups excluding carboxylic acids is 1. The minimum Gasteiger partial charge on any atom is -0.504 e. The zero-order chi connectivity index (χ0) is 21.6. The first kappa shape index (κ1) is 23.3. The number of hydrogen-bond acceptors (Lipinski definition) is 10. The van der Waals surface area contributed by atoms with Crippen molar-refractivity contribution in [1.82, 2.24) is 0 Å². The molecule has 0 saturated carbocycles. The standard InChI is InChI=1S/C19H28O10/c1-2-3-6-27-18(26)12(22)8-10-4-5-13(11(21)7-10)28-19-17(25)16(24)15(23)14(9-20)29-19/h4-5,7,12,14-17,19-25H,2-3,6,8-9H2,1H3/t12-,14-,15-,16+,17-,19-/m1/s1. The van der Waals surface area contributed by atoms with Crippen LogP contribution >= 0.6 is 0 Å². The maximum Gasteiger partial charge on any atom is 0.335 e. The van der Waals surface area contributed by atoms with Gasteiger partial charge in [0.25, 0.3) is 0 Å². The second-order valence-corrected chi connectivity index (χ2v) is 6.86. The minimum atomic E-state index is -1.62. The summed E-state index contributed by atoms with van der Waals surface area (Å²) in [7, 11) is 0. The average molecular weight is 416 g/mol. The molecule has 10 nitrogen and oxygen atoms in total. The Morgan fingerprint density at radius 3 is 2.55 bits per heavy atom. The van der Waals surface area contributed by atoms with E-state index in [1.165, 1.54) is 18.2 Å². The third-order valence-corrected chi connectivity index (χ3v) is 4.56. The summed E-state index contributed by atoms with van der Waals surface area (Å²) in [5.41, 5.74) is 0.434. The van der Waals surface area contributed by atoms with Crippen molar-refractivity contribution in [2.24, 2.45) is 0 Å². The number of carbonyl (C=O) groups is 1. The molecular weight excluding hydrogens is 388 g/mol. The first-order valence-electron chi connectivity index (χ1n) is 9.42. The van der Waals surface area contributed by atoms with Crippen molar-refractivity contribution in [3.05, 3.63) is 23.8 Å². The summed E-state index contributed by atoms with van der Waals surface area (Å²) in [6.07, 6.45) is -7.26. The second kappa shape index (κ2) is 10.7. The smallest absolute Gasteiger partial charge is 0.335 e. The number of hydrogen-bond donors (Lipinski definition) is 6. The number of benzene rings is 1. The Labute approximate surface area is 167 Å². The number of aliphatic hydroxyl groups excluding tert-OH is 5. The maximum atomic E-state index is 11.7. The van der Waals surface area contributed by atoms with Gasteiger partial charge >= 0.3 is 5.97 Å². The molecule has 0 spiro atoms. The lowest BCUT2D eigenvalue weighted by molar-refractivity contribution is -0.277. The van der Waals surface area contributed by atoms with Gasteiger partial charge in [0.15, 0.2) is 17.6 Å². The third kappa shape index (κ3) is 6.01. The van der Waals surface area contributed by atoms with Crippen molar-refractivity contribution in [1.29, 1.82) is 0 Å². The van der Waals surface area contributed by atoms with Crippen LogP contribution in [0.1, 0.15) is 25.3 Å². The van der Waals surface area contributed by atoms with Crippen LogP contribution in [-0.2, 0) is 20.7 Å². The SMILES string of the molecule is CCCCOC(=O)[C@H](O)Cc1ccc(O[C@@H]2O[C@H](CO)[C@@H](O)[C@H](O)[C@H]2O)c(O)c1. The van der Waals surface area contributed by atoms with Crippen LogP contribution in [0.2, 0.25) is 0 Å². The van der Waals surface area contributed by atoms with Crippen LogP contribution in [0.3, 0.4) is 0 Å². The number of phenols is 1. The number of rotatable bonds is 9. The van der Waals surface area contributed by atoms with Crippen molar-refractivity contribution >= 4 is 5.97 Å². The van der Waals surface area contributed by atoms with Gasteiger partial charge < -0.3 is 44.8 Å². The van der Waals surface area contributed by atoms with Crippen LogP contribution in [-0.4, -0.2) is 86.6 Å². The fourth-order valence-corrected chi connectivity index (χ4v) is 2.80. The van der Waals surface area contributed by atoms with Crippen LogP contribution in [0.5, 0.6) is 11.5 Å². The monoisotopic (exact) mass is 416 g/mol. The number of ether oxygens (including phenoxy) is 3. The molecule has 1 aromatic carbocycles. The van der Waals surface area contributed by atoms with Gasteiger partial charge in [0.1, 0.15) is 24.4 Å². The van der Waals surface area contributed by atoms with E-state index < -0.39 is 49.4 Å². The molecule has 0 radical (unpaired) electrons. The predicted molar refractivity (Wildman–Crippen MR) is 98.1 cm³/mol. The maximum absolute atomic E-state index is 11.7. The van der Waals surface area contributed by atoms with Crippen LogP contribution in [0, 0.1) is 0 Å². The molecule has 1 fully saturated rings. The molecule has 0 aliphatic carbocycles. The van der Waals surface area contributed by atoms with E-state index in [-0.39, 0.29) is 24.5 Å². The van der Waals surface area contributed by atoms with Crippen LogP contribution < -0.4 is 4.74 Å². The Kier molecular flexibility index (Phi) is 8.62. The van der Waals surface area contributed by atoms with Crippen LogP contribution in [0.25, 0.3) is 0 Å². The topological polar surface area (TPSA) is 166 Å². The number of esters is 1. The Bertz CT molecular complexity index is 664. The van der Waals surface area contributed by atoms with E-state index >= 15 is 0 Å². The molecule has 2 rings (SSSR count). The minimum absolute atomic E-state index is 0.0845. The molecule has 6 N–H and O–H groups in total. The molecule has 1 aromatic rings. The largest absolute Gasteiger partial charge is 0.504 e. The van der Waals surface area contributed by atoms with Crippen molar-refractivity contribution in [3.63, 3.8) is 0 Å². The summed E-state index contributed by atoms with van der Waals surface area (Å²) < 4.78 is 15.5. The molecule has 1 aliphatic heterocycles. The summed E-state index contributed by atoms with van der Waals surface area (Å²) in [5, 5.41) is 58.8. The normalized spacial score (nSPS) is 28.0. The lowest BCUT2D eigenvalue weighted by Gasteiger charge is -2.39. The highest BCUT2D eigenvalue weighted by molar-refractivity contribution is 5.74. The number of aromatic hydroxyl groups is 1. The number of phenolic OH excluding ortho intramolecular Hbond substituents is 1. The third-order valence-electron chi connectivity index (χ3n) is 4.56. The quantitative estimate of drug-likeness (QED) is 0.213. The fraction of sp³-hybridized carbons (Fsp3) is 0.632. The van der Waals surface area contributed by atoms with Gasteiger partial charge in [-0.05, 0) is 24.1 Å². The summed E-state index contributed by atoms with van der Waals surface area (Å²) in [5.74, 6) is -1.20. The van der Waals surface area contributed by atoms with Crippen molar-refractivity contribution in [2.75, 3.05) is 13.2 Å². The Morgan fingerprint density at radius 1 is 1.21 bits per heavy atom. The molecular formula is C19H28O10. The zero-order valence-corrected chi connectivity index (χ0v) is 16.0. The molecule has 1 heterocycles. The van der Waals surface area contributed by atoms with E-state index in [4.69, 9.17) is 14.2 Å². The molecule has 164 valence electrons. The predicted octanol–water partition coefficient (Wildman–Crippen LogP) is -1.18. The van der Waals surface area contributed by atoms with E-state index in [1.807, 2.05) is 6.92 Å². The van der Waals surface area contributed by atoms with E-state index in [0.717, 1.165) is 6.42 Å². The fourth-order valence-electron chi connectivity index (χ4n) is 2.80. The van der Waals surface area contributed by atoms with Gasteiger partial charge in [0.2, 0.25) is 6.29 Å². The molecule has 0 unspecified atom stereocenters.